The first kappa shape index (κ1) is 11.5. The van der Waals surface area contributed by atoms with Crippen LogP contribution in [-0.2, 0) is 6.54 Å². The molecule has 0 aliphatic heterocycles. The van der Waals surface area contributed by atoms with Gasteiger partial charge in [-0.1, -0.05) is 6.07 Å². The van der Waals surface area contributed by atoms with Gasteiger partial charge in [0.15, 0.2) is 0 Å². The molecule has 1 N–H and O–H groups in total. The third kappa shape index (κ3) is 2.79. The van der Waals surface area contributed by atoms with Crippen molar-refractivity contribution in [1.29, 1.82) is 0 Å². The van der Waals surface area contributed by atoms with Crippen LogP contribution >= 0.6 is 11.3 Å². The summed E-state index contributed by atoms with van der Waals surface area (Å²) in [6.07, 6.45) is 0. The highest BCUT2D eigenvalue weighted by atomic mass is 32.1. The van der Waals surface area contributed by atoms with Gasteiger partial charge in [-0.15, -0.1) is 11.3 Å². The molecule has 0 atom stereocenters. The molecular weight excluding hydrogens is 238 g/mol. The number of nitrogens with one attached hydrogen (secondary N) is 1. The average Bonchev–Trinajstić information content (AvgIpc) is 2.78. The molecule has 0 aromatic carbocycles. The van der Waals surface area contributed by atoms with E-state index in [1.165, 1.54) is 10.9 Å². The van der Waals surface area contributed by atoms with Crippen molar-refractivity contribution in [2.45, 2.75) is 13.5 Å². The summed E-state index contributed by atoms with van der Waals surface area (Å²) in [5.74, 6) is 0.654. The Balaban J connectivity index is 2.07. The normalized spacial score (nSPS) is 10.2. The van der Waals surface area contributed by atoms with E-state index in [-0.39, 0.29) is 5.69 Å². The summed E-state index contributed by atoms with van der Waals surface area (Å²) in [7, 11) is 0. The van der Waals surface area contributed by atoms with Crippen LogP contribution in [0.2, 0.25) is 0 Å². The molecule has 0 aliphatic carbocycles. The number of aryl methyl sites for hydroxylation is 1. The Morgan fingerprint density at radius 2 is 2.29 bits per heavy atom. The molecule has 17 heavy (non-hydrogen) atoms. The SMILES string of the molecule is Cc1nc(NCc2cccs2)ccc1[N+](=O)[O-]. The number of anilines is 1. The molecule has 6 heteroatoms. The Bertz CT molecular complexity index is 526. The first-order chi connectivity index (χ1) is 8.16. The third-order valence-electron chi connectivity index (χ3n) is 2.28. The van der Waals surface area contributed by atoms with Gasteiger partial charge in [-0.25, -0.2) is 4.98 Å². The van der Waals surface area contributed by atoms with E-state index < -0.39 is 4.92 Å². The van der Waals surface area contributed by atoms with Crippen molar-refractivity contribution in [1.82, 2.24) is 4.98 Å². The Morgan fingerprint density at radius 3 is 2.88 bits per heavy atom. The number of nitro groups is 1. The lowest BCUT2D eigenvalue weighted by molar-refractivity contribution is -0.385. The lowest BCUT2D eigenvalue weighted by Gasteiger charge is -2.04. The van der Waals surface area contributed by atoms with Gasteiger partial charge < -0.3 is 5.32 Å². The molecule has 88 valence electrons. The summed E-state index contributed by atoms with van der Waals surface area (Å²) in [5.41, 5.74) is 0.470. The second kappa shape index (κ2) is 4.92. The van der Waals surface area contributed by atoms with Crippen LogP contribution in [0.1, 0.15) is 10.6 Å². The Kier molecular flexibility index (Phi) is 3.34. The topological polar surface area (TPSA) is 68.1 Å². The second-order valence-corrected chi connectivity index (χ2v) is 4.52. The van der Waals surface area contributed by atoms with Crippen molar-refractivity contribution in [3.63, 3.8) is 0 Å². The second-order valence-electron chi connectivity index (χ2n) is 3.49. The molecular formula is C11H11N3O2S. The summed E-state index contributed by atoms with van der Waals surface area (Å²) in [6.45, 7) is 2.32. The largest absolute Gasteiger partial charge is 0.365 e. The van der Waals surface area contributed by atoms with Crippen LogP contribution in [0.5, 0.6) is 0 Å². The van der Waals surface area contributed by atoms with Gasteiger partial charge in [-0.2, -0.15) is 0 Å². The minimum Gasteiger partial charge on any atom is -0.365 e. The van der Waals surface area contributed by atoms with E-state index >= 15 is 0 Å². The van der Waals surface area contributed by atoms with Gasteiger partial charge in [0.05, 0.1) is 11.5 Å². The molecule has 0 radical (unpaired) electrons. The van der Waals surface area contributed by atoms with Crippen LogP contribution in [0.15, 0.2) is 29.6 Å². The van der Waals surface area contributed by atoms with Crippen LogP contribution in [0.3, 0.4) is 0 Å². The predicted octanol–water partition coefficient (Wildman–Crippen LogP) is 2.97. The fourth-order valence-electron chi connectivity index (χ4n) is 1.44. The van der Waals surface area contributed by atoms with Gasteiger partial charge in [0, 0.05) is 10.9 Å². The fraction of sp³-hybridized carbons (Fsp3) is 0.182. The summed E-state index contributed by atoms with van der Waals surface area (Å²) in [4.78, 5) is 15.5. The number of rotatable bonds is 4. The van der Waals surface area contributed by atoms with Gasteiger partial charge in [-0.3, -0.25) is 10.1 Å². The molecule has 0 saturated heterocycles. The predicted molar refractivity (Wildman–Crippen MR) is 67.3 cm³/mol. The van der Waals surface area contributed by atoms with Gasteiger partial charge in [-0.05, 0) is 24.4 Å². The van der Waals surface area contributed by atoms with Crippen LogP contribution < -0.4 is 5.32 Å². The summed E-state index contributed by atoms with van der Waals surface area (Å²) in [5, 5.41) is 15.8. The van der Waals surface area contributed by atoms with Crippen LogP contribution in [0.25, 0.3) is 0 Å². The molecule has 2 rings (SSSR count). The number of hydrogen-bond acceptors (Lipinski definition) is 5. The number of thiophene rings is 1. The highest BCUT2D eigenvalue weighted by Crippen LogP contribution is 2.18. The van der Waals surface area contributed by atoms with Gasteiger partial charge >= 0.3 is 0 Å². The van der Waals surface area contributed by atoms with Crippen molar-refractivity contribution in [3.8, 4) is 0 Å². The molecule has 0 unspecified atom stereocenters. The minimum absolute atomic E-state index is 0.0478. The van der Waals surface area contributed by atoms with E-state index in [4.69, 9.17) is 0 Å². The number of hydrogen-bond donors (Lipinski definition) is 1. The molecule has 5 nitrogen and oxygen atoms in total. The van der Waals surface area contributed by atoms with Gasteiger partial charge in [0.2, 0.25) is 0 Å². The van der Waals surface area contributed by atoms with E-state index in [9.17, 15) is 10.1 Å². The zero-order valence-electron chi connectivity index (χ0n) is 9.21. The Labute approximate surface area is 102 Å². The van der Waals surface area contributed by atoms with E-state index in [1.807, 2.05) is 17.5 Å². The van der Waals surface area contributed by atoms with Crippen molar-refractivity contribution < 1.29 is 4.92 Å². The molecule has 0 amide bonds. The maximum absolute atomic E-state index is 10.6. The van der Waals surface area contributed by atoms with E-state index in [0.717, 1.165) is 0 Å². The Morgan fingerprint density at radius 1 is 1.47 bits per heavy atom. The quantitative estimate of drug-likeness (QED) is 0.668. The van der Waals surface area contributed by atoms with Crippen LogP contribution in [-0.4, -0.2) is 9.91 Å². The highest BCUT2D eigenvalue weighted by Gasteiger charge is 2.11. The lowest BCUT2D eigenvalue weighted by Crippen LogP contribution is -2.02. The zero-order chi connectivity index (χ0) is 12.3. The van der Waals surface area contributed by atoms with Crippen LogP contribution in [0.4, 0.5) is 11.5 Å². The third-order valence-corrected chi connectivity index (χ3v) is 3.15. The highest BCUT2D eigenvalue weighted by molar-refractivity contribution is 7.09. The molecule has 0 spiro atoms. The first-order valence-corrected chi connectivity index (χ1v) is 5.93. The smallest absolute Gasteiger partial charge is 0.290 e. The molecule has 2 heterocycles. The molecule has 0 aliphatic rings. The average molecular weight is 249 g/mol. The van der Waals surface area contributed by atoms with Crippen molar-refractivity contribution in [2.75, 3.05) is 5.32 Å². The van der Waals surface area contributed by atoms with Crippen molar-refractivity contribution in [2.24, 2.45) is 0 Å². The zero-order valence-corrected chi connectivity index (χ0v) is 10.0. The van der Waals surface area contributed by atoms with Crippen molar-refractivity contribution >= 4 is 22.8 Å². The maximum atomic E-state index is 10.6. The van der Waals surface area contributed by atoms with Crippen LogP contribution in [0, 0.1) is 17.0 Å². The standard InChI is InChI=1S/C11H11N3O2S/c1-8-10(14(15)16)4-5-11(13-8)12-7-9-3-2-6-17-9/h2-6H,7H2,1H3,(H,12,13). The minimum atomic E-state index is -0.425. The molecule has 2 aromatic heterocycles. The fourth-order valence-corrected chi connectivity index (χ4v) is 2.08. The van der Waals surface area contributed by atoms with E-state index in [0.29, 0.717) is 18.1 Å². The van der Waals surface area contributed by atoms with Crippen molar-refractivity contribution in [3.05, 3.63) is 50.3 Å². The van der Waals surface area contributed by atoms with E-state index in [1.54, 1.807) is 24.3 Å². The van der Waals surface area contributed by atoms with Gasteiger partial charge in [0.1, 0.15) is 11.5 Å². The van der Waals surface area contributed by atoms with Gasteiger partial charge in [0.25, 0.3) is 5.69 Å². The summed E-state index contributed by atoms with van der Waals surface area (Å²) in [6, 6.07) is 7.10. The lowest BCUT2D eigenvalue weighted by atomic mass is 10.3. The first-order valence-electron chi connectivity index (χ1n) is 5.05. The van der Waals surface area contributed by atoms with E-state index in [2.05, 4.69) is 10.3 Å². The maximum Gasteiger partial charge on any atom is 0.290 e. The number of nitrogens with zero attached hydrogens (tertiary/aromatic N) is 2. The Hall–Kier alpha value is -1.95. The molecule has 2 aromatic rings. The summed E-state index contributed by atoms with van der Waals surface area (Å²) >= 11 is 1.66. The summed E-state index contributed by atoms with van der Waals surface area (Å²) < 4.78 is 0. The number of pyridine rings is 1. The molecule has 0 bridgehead atoms. The number of aromatic nitrogens is 1. The molecule has 0 fully saturated rings. The molecule has 0 saturated carbocycles. The monoisotopic (exact) mass is 249 g/mol.